The Balaban J connectivity index is 1.49. The molecule has 2 aromatic rings. The van der Waals surface area contributed by atoms with Crippen molar-refractivity contribution in [1.29, 1.82) is 0 Å². The summed E-state index contributed by atoms with van der Waals surface area (Å²) in [5.74, 6) is 0.761. The smallest absolute Gasteiger partial charge is 0.253 e. The summed E-state index contributed by atoms with van der Waals surface area (Å²) in [6.07, 6.45) is 8.86. The number of aromatic nitrogens is 1. The number of hydrogen-bond acceptors (Lipinski definition) is 4. The first kappa shape index (κ1) is 23.7. The molecule has 170 valence electrons. The van der Waals surface area contributed by atoms with Crippen LogP contribution in [0, 0.1) is 26.7 Å². The molecule has 1 amide bonds. The zero-order valence-corrected chi connectivity index (χ0v) is 20.5. The lowest BCUT2D eigenvalue weighted by Crippen LogP contribution is -2.32. The van der Waals surface area contributed by atoms with Crippen molar-refractivity contribution in [3.8, 4) is 0 Å². The number of nitrogens with one attached hydrogen (secondary N) is 2. The number of carbonyl (C=O) groups is 1. The third-order valence-corrected chi connectivity index (χ3v) is 8.02. The van der Waals surface area contributed by atoms with Gasteiger partial charge in [0.25, 0.3) is 11.5 Å². The van der Waals surface area contributed by atoms with Crippen LogP contribution in [0.25, 0.3) is 0 Å². The second-order valence-electron chi connectivity index (χ2n) is 9.35. The molecule has 1 saturated carbocycles. The van der Waals surface area contributed by atoms with E-state index in [0.29, 0.717) is 5.56 Å². The van der Waals surface area contributed by atoms with Gasteiger partial charge in [-0.3, -0.25) is 9.59 Å². The molecule has 2 heterocycles. The van der Waals surface area contributed by atoms with E-state index in [4.69, 9.17) is 0 Å². The molecule has 6 heteroatoms. The number of rotatable bonds is 8. The van der Waals surface area contributed by atoms with E-state index in [1.165, 1.54) is 43.4 Å². The molecule has 2 N–H and O–H groups in total. The first-order valence-corrected chi connectivity index (χ1v) is 12.3. The maximum atomic E-state index is 12.7. The third kappa shape index (κ3) is 6.07. The third-order valence-electron chi connectivity index (χ3n) is 6.87. The fraction of sp³-hybridized carbons (Fsp3) is 0.600. The molecule has 0 spiro atoms. The molecule has 0 unspecified atom stereocenters. The molecule has 0 atom stereocenters. The van der Waals surface area contributed by atoms with Crippen molar-refractivity contribution >= 4 is 17.2 Å². The molecule has 1 fully saturated rings. The average Bonchev–Trinajstić information content (AvgIpc) is 3.08. The molecule has 2 aromatic heterocycles. The van der Waals surface area contributed by atoms with Gasteiger partial charge in [0.2, 0.25) is 0 Å². The van der Waals surface area contributed by atoms with Gasteiger partial charge in [-0.15, -0.1) is 11.3 Å². The highest BCUT2D eigenvalue weighted by Gasteiger charge is 2.22. The molecule has 0 saturated heterocycles. The Bertz CT molecular complexity index is 952. The lowest BCUT2D eigenvalue weighted by atomic mass is 9.82. The Morgan fingerprint density at radius 2 is 1.90 bits per heavy atom. The normalized spacial score (nSPS) is 19.0. The monoisotopic (exact) mass is 443 g/mol. The van der Waals surface area contributed by atoms with Gasteiger partial charge in [0.1, 0.15) is 0 Å². The Hall–Kier alpha value is -1.92. The van der Waals surface area contributed by atoms with Crippen molar-refractivity contribution < 1.29 is 4.79 Å². The van der Waals surface area contributed by atoms with Gasteiger partial charge in [-0.2, -0.15) is 0 Å². The van der Waals surface area contributed by atoms with Gasteiger partial charge in [0.15, 0.2) is 0 Å². The molecule has 0 radical (unpaired) electrons. The number of H-pyrrole nitrogens is 1. The second-order valence-corrected chi connectivity index (χ2v) is 10.3. The maximum Gasteiger partial charge on any atom is 0.253 e. The second kappa shape index (κ2) is 10.6. The van der Waals surface area contributed by atoms with Crippen molar-refractivity contribution in [2.45, 2.75) is 78.3 Å². The fourth-order valence-electron chi connectivity index (χ4n) is 4.79. The average molecular weight is 444 g/mol. The molecular formula is C25H37N3O2S. The lowest BCUT2D eigenvalue weighted by molar-refractivity contribution is 0.0950. The Labute approximate surface area is 190 Å². The molecular weight excluding hydrogens is 406 g/mol. The highest BCUT2D eigenvalue weighted by molar-refractivity contribution is 7.10. The zero-order chi connectivity index (χ0) is 22.5. The van der Waals surface area contributed by atoms with E-state index in [0.717, 1.165) is 40.8 Å². The van der Waals surface area contributed by atoms with Crippen LogP contribution in [-0.4, -0.2) is 35.9 Å². The van der Waals surface area contributed by atoms with E-state index < -0.39 is 0 Å². The van der Waals surface area contributed by atoms with Crippen molar-refractivity contribution in [2.24, 2.45) is 5.92 Å². The van der Waals surface area contributed by atoms with Gasteiger partial charge in [-0.05, 0) is 96.5 Å². The summed E-state index contributed by atoms with van der Waals surface area (Å²) in [4.78, 5) is 31.4. The summed E-state index contributed by atoms with van der Waals surface area (Å²) in [6, 6.07) is 2.69. The largest absolute Gasteiger partial charge is 0.348 e. The zero-order valence-electron chi connectivity index (χ0n) is 19.6. The van der Waals surface area contributed by atoms with Gasteiger partial charge >= 0.3 is 0 Å². The first-order chi connectivity index (χ1) is 14.8. The van der Waals surface area contributed by atoms with Crippen LogP contribution in [-0.2, 0) is 13.0 Å². The van der Waals surface area contributed by atoms with Crippen LogP contribution >= 0.6 is 11.3 Å². The first-order valence-electron chi connectivity index (χ1n) is 11.5. The van der Waals surface area contributed by atoms with E-state index in [1.54, 1.807) is 11.3 Å². The summed E-state index contributed by atoms with van der Waals surface area (Å²) >= 11 is 1.69. The van der Waals surface area contributed by atoms with Crippen molar-refractivity contribution in [3.05, 3.63) is 54.6 Å². The number of aromatic amines is 1. The molecule has 1 aliphatic rings. The number of aryl methyl sites for hydroxylation is 3. The Morgan fingerprint density at radius 1 is 1.19 bits per heavy atom. The molecule has 0 aliphatic heterocycles. The van der Waals surface area contributed by atoms with E-state index in [-0.39, 0.29) is 18.0 Å². The van der Waals surface area contributed by atoms with Crippen LogP contribution < -0.4 is 10.9 Å². The number of thiophene rings is 1. The Kier molecular flexibility index (Phi) is 8.11. The number of carbonyl (C=O) groups excluding carboxylic acids is 1. The minimum Gasteiger partial charge on any atom is -0.348 e. The van der Waals surface area contributed by atoms with Gasteiger partial charge in [-0.1, -0.05) is 6.42 Å². The molecule has 5 nitrogen and oxygen atoms in total. The van der Waals surface area contributed by atoms with E-state index in [9.17, 15) is 9.59 Å². The molecule has 3 rings (SSSR count). The minimum absolute atomic E-state index is 0.0959. The van der Waals surface area contributed by atoms with Crippen molar-refractivity contribution in [3.63, 3.8) is 0 Å². The van der Waals surface area contributed by atoms with Crippen LogP contribution in [0.3, 0.4) is 0 Å². The topological polar surface area (TPSA) is 65.2 Å². The van der Waals surface area contributed by atoms with Gasteiger partial charge in [0, 0.05) is 34.1 Å². The lowest BCUT2D eigenvalue weighted by Gasteiger charge is -2.32. The standard InChI is InChI=1S/C25H37N3O2S/c1-16-13-17(2)27-25(30)21(16)14-26-24(29)22-15-31-23(18(22)3)8-6-7-19-9-11-20(12-10-19)28(4)5/h13,15,19-20H,6-12,14H2,1-5H3,(H,26,29)(H,27,30). The Morgan fingerprint density at radius 3 is 2.55 bits per heavy atom. The number of hydrogen-bond donors (Lipinski definition) is 2. The summed E-state index contributed by atoms with van der Waals surface area (Å²) in [5, 5.41) is 4.90. The molecule has 1 aliphatic carbocycles. The molecule has 31 heavy (non-hydrogen) atoms. The summed E-state index contributed by atoms with van der Waals surface area (Å²) in [6.45, 7) is 6.07. The van der Waals surface area contributed by atoms with Crippen molar-refractivity contribution in [2.75, 3.05) is 14.1 Å². The number of nitrogens with zero attached hydrogens (tertiary/aromatic N) is 1. The van der Waals surface area contributed by atoms with E-state index >= 15 is 0 Å². The SMILES string of the molecule is Cc1cc(C)c(CNC(=O)c2csc(CCCC3CCC(N(C)C)CC3)c2C)c(=O)[nH]1. The fourth-order valence-corrected chi connectivity index (χ4v) is 5.89. The summed E-state index contributed by atoms with van der Waals surface area (Å²) < 4.78 is 0. The number of pyridine rings is 1. The van der Waals surface area contributed by atoms with Crippen LogP contribution in [0.4, 0.5) is 0 Å². The van der Waals surface area contributed by atoms with Crippen LogP contribution in [0.2, 0.25) is 0 Å². The minimum atomic E-state index is -0.125. The van der Waals surface area contributed by atoms with Gasteiger partial charge in [-0.25, -0.2) is 0 Å². The van der Waals surface area contributed by atoms with Crippen LogP contribution in [0.1, 0.15) is 76.1 Å². The highest BCUT2D eigenvalue weighted by atomic mass is 32.1. The quantitative estimate of drug-likeness (QED) is 0.620. The summed E-state index contributed by atoms with van der Waals surface area (Å²) in [7, 11) is 4.39. The maximum absolute atomic E-state index is 12.7. The predicted molar refractivity (Wildman–Crippen MR) is 129 cm³/mol. The highest BCUT2D eigenvalue weighted by Crippen LogP contribution is 2.31. The van der Waals surface area contributed by atoms with Gasteiger partial charge in [0.05, 0.1) is 5.56 Å². The molecule has 0 bridgehead atoms. The van der Waals surface area contributed by atoms with Crippen molar-refractivity contribution in [1.82, 2.24) is 15.2 Å². The van der Waals surface area contributed by atoms with E-state index in [1.807, 2.05) is 32.2 Å². The van der Waals surface area contributed by atoms with E-state index in [2.05, 4.69) is 29.3 Å². The molecule has 0 aromatic carbocycles. The van der Waals surface area contributed by atoms with Crippen LogP contribution in [0.15, 0.2) is 16.2 Å². The van der Waals surface area contributed by atoms with Crippen LogP contribution in [0.5, 0.6) is 0 Å². The number of amides is 1. The predicted octanol–water partition coefficient (Wildman–Crippen LogP) is 4.73. The van der Waals surface area contributed by atoms with Gasteiger partial charge < -0.3 is 15.2 Å². The summed E-state index contributed by atoms with van der Waals surface area (Å²) in [5.41, 5.74) is 4.07.